The lowest BCUT2D eigenvalue weighted by Crippen LogP contribution is -2.37. The standard InChI is InChI=1S/C11H18N2O3/c1-4-11(2,3)12-7-8-5-6-9(16-8)10(14)13-15/h5-6,12,15H,4,7H2,1-3H3,(H,13,14). The number of hydroxylamine groups is 1. The number of amides is 1. The summed E-state index contributed by atoms with van der Waals surface area (Å²) in [6, 6.07) is 3.24. The zero-order chi connectivity index (χ0) is 12.2. The van der Waals surface area contributed by atoms with Crippen molar-refractivity contribution < 1.29 is 14.4 Å². The molecule has 0 saturated carbocycles. The summed E-state index contributed by atoms with van der Waals surface area (Å²) < 4.78 is 5.24. The molecule has 1 aromatic rings. The minimum absolute atomic E-state index is 0.0339. The third kappa shape index (κ3) is 3.36. The van der Waals surface area contributed by atoms with Crippen LogP contribution in [0.2, 0.25) is 0 Å². The third-order valence-corrected chi connectivity index (χ3v) is 2.61. The van der Waals surface area contributed by atoms with Gasteiger partial charge in [-0.1, -0.05) is 6.92 Å². The Kier molecular flexibility index (Phi) is 4.09. The van der Waals surface area contributed by atoms with Crippen molar-refractivity contribution in [1.29, 1.82) is 0 Å². The summed E-state index contributed by atoms with van der Waals surface area (Å²) in [5, 5.41) is 11.7. The maximum atomic E-state index is 11.0. The highest BCUT2D eigenvalue weighted by atomic mass is 16.5. The highest BCUT2D eigenvalue weighted by Gasteiger charge is 2.15. The normalized spacial score (nSPS) is 11.5. The molecule has 1 heterocycles. The first-order valence-corrected chi connectivity index (χ1v) is 5.26. The average molecular weight is 226 g/mol. The molecule has 1 aromatic heterocycles. The van der Waals surface area contributed by atoms with E-state index in [1.54, 1.807) is 6.07 Å². The summed E-state index contributed by atoms with van der Waals surface area (Å²) in [4.78, 5) is 11.0. The molecule has 1 amide bonds. The van der Waals surface area contributed by atoms with Gasteiger partial charge in [-0.2, -0.15) is 0 Å². The largest absolute Gasteiger partial charge is 0.454 e. The van der Waals surface area contributed by atoms with E-state index >= 15 is 0 Å². The Hall–Kier alpha value is -1.33. The lowest BCUT2D eigenvalue weighted by atomic mass is 10.0. The van der Waals surface area contributed by atoms with Gasteiger partial charge in [-0.15, -0.1) is 0 Å². The molecule has 3 N–H and O–H groups in total. The Balaban J connectivity index is 2.56. The fourth-order valence-electron chi connectivity index (χ4n) is 1.10. The molecule has 0 atom stereocenters. The molecule has 0 aromatic carbocycles. The Morgan fingerprint density at radius 3 is 2.75 bits per heavy atom. The van der Waals surface area contributed by atoms with Gasteiger partial charge in [0, 0.05) is 5.54 Å². The van der Waals surface area contributed by atoms with Gasteiger partial charge in [-0.25, -0.2) is 5.48 Å². The molecular formula is C11H18N2O3. The molecule has 0 fully saturated rings. The number of hydrogen-bond acceptors (Lipinski definition) is 4. The predicted molar refractivity (Wildman–Crippen MR) is 59.2 cm³/mol. The molecule has 0 saturated heterocycles. The smallest absolute Gasteiger partial charge is 0.310 e. The summed E-state index contributed by atoms with van der Waals surface area (Å²) in [7, 11) is 0. The topological polar surface area (TPSA) is 74.5 Å². The Labute approximate surface area is 94.8 Å². The van der Waals surface area contributed by atoms with Crippen molar-refractivity contribution in [2.75, 3.05) is 0 Å². The van der Waals surface area contributed by atoms with Gasteiger partial charge >= 0.3 is 5.91 Å². The molecule has 0 aliphatic carbocycles. The number of hydrogen-bond donors (Lipinski definition) is 3. The molecule has 0 unspecified atom stereocenters. The highest BCUT2D eigenvalue weighted by molar-refractivity contribution is 5.90. The van der Waals surface area contributed by atoms with Crippen LogP contribution in [-0.2, 0) is 6.54 Å². The second kappa shape index (κ2) is 5.14. The molecule has 1 rings (SSSR count). The first-order chi connectivity index (χ1) is 7.48. The van der Waals surface area contributed by atoms with E-state index in [0.29, 0.717) is 12.3 Å². The van der Waals surface area contributed by atoms with Crippen molar-refractivity contribution in [1.82, 2.24) is 10.8 Å². The van der Waals surface area contributed by atoms with E-state index in [4.69, 9.17) is 9.62 Å². The molecule has 90 valence electrons. The molecular weight excluding hydrogens is 208 g/mol. The molecule has 0 aliphatic heterocycles. The number of carbonyl (C=O) groups is 1. The SMILES string of the molecule is CCC(C)(C)NCc1ccc(C(=O)NO)o1. The average Bonchev–Trinajstić information content (AvgIpc) is 2.74. The minimum Gasteiger partial charge on any atom is -0.454 e. The highest BCUT2D eigenvalue weighted by Crippen LogP contribution is 2.11. The summed E-state index contributed by atoms with van der Waals surface area (Å²) >= 11 is 0. The minimum atomic E-state index is -0.638. The van der Waals surface area contributed by atoms with Crippen molar-refractivity contribution >= 4 is 5.91 Å². The van der Waals surface area contributed by atoms with Crippen molar-refractivity contribution in [3.05, 3.63) is 23.7 Å². The van der Waals surface area contributed by atoms with Crippen LogP contribution in [0.15, 0.2) is 16.5 Å². The third-order valence-electron chi connectivity index (χ3n) is 2.61. The molecule has 0 radical (unpaired) electrons. The Bertz CT molecular complexity index is 358. The van der Waals surface area contributed by atoms with E-state index in [1.165, 1.54) is 11.5 Å². The Morgan fingerprint density at radius 2 is 2.19 bits per heavy atom. The van der Waals surface area contributed by atoms with E-state index < -0.39 is 5.91 Å². The zero-order valence-electron chi connectivity index (χ0n) is 9.83. The van der Waals surface area contributed by atoms with Gasteiger partial charge in [0.05, 0.1) is 6.54 Å². The molecule has 5 nitrogen and oxygen atoms in total. The van der Waals surface area contributed by atoms with Crippen LogP contribution in [0.25, 0.3) is 0 Å². The van der Waals surface area contributed by atoms with E-state index in [-0.39, 0.29) is 11.3 Å². The summed E-state index contributed by atoms with van der Waals surface area (Å²) in [6.45, 7) is 6.84. The predicted octanol–water partition coefficient (Wildman–Crippen LogP) is 1.68. The zero-order valence-corrected chi connectivity index (χ0v) is 9.83. The first-order valence-electron chi connectivity index (χ1n) is 5.26. The van der Waals surface area contributed by atoms with Gasteiger partial charge in [0.15, 0.2) is 5.76 Å². The molecule has 0 aliphatic rings. The van der Waals surface area contributed by atoms with E-state index in [0.717, 1.165) is 6.42 Å². The van der Waals surface area contributed by atoms with Crippen molar-refractivity contribution in [2.24, 2.45) is 0 Å². The van der Waals surface area contributed by atoms with Crippen LogP contribution in [0.5, 0.6) is 0 Å². The summed E-state index contributed by atoms with van der Waals surface area (Å²) in [5.74, 6) is 0.134. The quantitative estimate of drug-likeness (QED) is 0.527. The molecule has 5 heteroatoms. The monoisotopic (exact) mass is 226 g/mol. The summed E-state index contributed by atoms with van der Waals surface area (Å²) in [6.07, 6.45) is 0.998. The fourth-order valence-corrected chi connectivity index (χ4v) is 1.10. The van der Waals surface area contributed by atoms with Gasteiger partial charge in [-0.3, -0.25) is 10.0 Å². The maximum absolute atomic E-state index is 11.0. The van der Waals surface area contributed by atoms with Gasteiger partial charge in [0.25, 0.3) is 0 Å². The van der Waals surface area contributed by atoms with Gasteiger partial charge in [0.1, 0.15) is 5.76 Å². The van der Waals surface area contributed by atoms with Crippen LogP contribution in [-0.4, -0.2) is 16.7 Å². The van der Waals surface area contributed by atoms with Crippen LogP contribution >= 0.6 is 0 Å². The number of furan rings is 1. The second-order valence-electron chi connectivity index (χ2n) is 4.30. The van der Waals surface area contributed by atoms with Crippen LogP contribution in [0.1, 0.15) is 43.5 Å². The van der Waals surface area contributed by atoms with Gasteiger partial charge in [0.2, 0.25) is 0 Å². The molecule has 0 spiro atoms. The molecule has 16 heavy (non-hydrogen) atoms. The van der Waals surface area contributed by atoms with Crippen LogP contribution in [0.4, 0.5) is 0 Å². The van der Waals surface area contributed by atoms with Crippen LogP contribution in [0.3, 0.4) is 0 Å². The summed E-state index contributed by atoms with van der Waals surface area (Å²) in [5.41, 5.74) is 1.56. The van der Waals surface area contributed by atoms with Crippen LogP contribution in [0, 0.1) is 0 Å². The lowest BCUT2D eigenvalue weighted by molar-refractivity contribution is 0.0674. The lowest BCUT2D eigenvalue weighted by Gasteiger charge is -2.23. The van der Waals surface area contributed by atoms with Crippen molar-refractivity contribution in [3.8, 4) is 0 Å². The van der Waals surface area contributed by atoms with Crippen molar-refractivity contribution in [3.63, 3.8) is 0 Å². The maximum Gasteiger partial charge on any atom is 0.310 e. The second-order valence-corrected chi connectivity index (χ2v) is 4.30. The van der Waals surface area contributed by atoms with E-state index in [9.17, 15) is 4.79 Å². The van der Waals surface area contributed by atoms with Gasteiger partial charge < -0.3 is 9.73 Å². The number of carbonyl (C=O) groups excluding carboxylic acids is 1. The molecule has 0 bridgehead atoms. The van der Waals surface area contributed by atoms with Gasteiger partial charge in [-0.05, 0) is 32.4 Å². The first kappa shape index (κ1) is 12.7. The number of nitrogens with one attached hydrogen (secondary N) is 2. The van der Waals surface area contributed by atoms with E-state index in [1.807, 2.05) is 0 Å². The number of rotatable bonds is 5. The van der Waals surface area contributed by atoms with E-state index in [2.05, 4.69) is 26.1 Å². The van der Waals surface area contributed by atoms with Crippen LogP contribution < -0.4 is 10.8 Å². The van der Waals surface area contributed by atoms with Crippen molar-refractivity contribution in [2.45, 2.75) is 39.3 Å². The Morgan fingerprint density at radius 1 is 1.50 bits per heavy atom. The fraction of sp³-hybridized carbons (Fsp3) is 0.545.